The quantitative estimate of drug-likeness (QED) is 0.672. The van der Waals surface area contributed by atoms with Gasteiger partial charge in [-0.25, -0.2) is 5.43 Å². The van der Waals surface area contributed by atoms with Crippen molar-refractivity contribution in [3.8, 4) is 11.5 Å². The minimum absolute atomic E-state index is 0.00286. The van der Waals surface area contributed by atoms with Gasteiger partial charge in [0, 0.05) is 10.6 Å². The van der Waals surface area contributed by atoms with E-state index in [2.05, 4.69) is 10.5 Å². The first kappa shape index (κ1) is 15.9. The Morgan fingerprint density at radius 3 is 2.73 bits per heavy atom. The highest BCUT2D eigenvalue weighted by atomic mass is 35.5. The number of rotatable bonds is 4. The number of carbonyl (C=O) groups is 1. The number of hydrogen-bond acceptors (Lipinski definition) is 4. The summed E-state index contributed by atoms with van der Waals surface area (Å²) in [4.78, 5) is 11.9. The lowest BCUT2D eigenvalue weighted by molar-refractivity contribution is 0.0955. The highest BCUT2D eigenvalue weighted by molar-refractivity contribution is 6.31. The number of nitrogens with one attached hydrogen (secondary N) is 1. The summed E-state index contributed by atoms with van der Waals surface area (Å²) >= 11 is 5.98. The second-order valence-corrected chi connectivity index (χ2v) is 5.00. The third-order valence-corrected chi connectivity index (χ3v) is 3.42. The van der Waals surface area contributed by atoms with Gasteiger partial charge < -0.3 is 9.84 Å². The minimum Gasteiger partial charge on any atom is -0.504 e. The summed E-state index contributed by atoms with van der Waals surface area (Å²) in [5.41, 5.74) is 4.35. The fourth-order valence-electron chi connectivity index (χ4n) is 1.75. The number of benzene rings is 2. The summed E-state index contributed by atoms with van der Waals surface area (Å²) in [5.74, 6) is 0.00876. The molecule has 6 heteroatoms. The molecule has 5 nitrogen and oxygen atoms in total. The molecule has 114 valence electrons. The van der Waals surface area contributed by atoms with Crippen LogP contribution in [0.4, 0.5) is 0 Å². The molecular weight excluding hydrogens is 304 g/mol. The molecule has 1 amide bonds. The molecule has 2 N–H and O–H groups in total. The molecule has 0 saturated heterocycles. The Bertz CT molecular complexity index is 729. The van der Waals surface area contributed by atoms with Gasteiger partial charge in [0.15, 0.2) is 11.5 Å². The predicted molar refractivity (Wildman–Crippen MR) is 85.9 cm³/mol. The fraction of sp³-hybridized carbons (Fsp3) is 0.125. The van der Waals surface area contributed by atoms with Crippen molar-refractivity contribution in [1.29, 1.82) is 0 Å². The molecule has 0 heterocycles. The van der Waals surface area contributed by atoms with Crippen LogP contribution in [0.15, 0.2) is 41.5 Å². The maximum Gasteiger partial charge on any atom is 0.271 e. The molecular formula is C16H15ClN2O3. The van der Waals surface area contributed by atoms with Crippen LogP contribution in [0.5, 0.6) is 11.5 Å². The molecule has 0 radical (unpaired) electrons. The number of nitrogens with zero attached hydrogens (tertiary/aromatic N) is 1. The van der Waals surface area contributed by atoms with Crippen LogP contribution in [0.25, 0.3) is 0 Å². The zero-order chi connectivity index (χ0) is 16.1. The van der Waals surface area contributed by atoms with Crippen molar-refractivity contribution in [2.45, 2.75) is 6.92 Å². The molecule has 0 spiro atoms. The van der Waals surface area contributed by atoms with Crippen LogP contribution in [0.3, 0.4) is 0 Å². The number of amides is 1. The lowest BCUT2D eigenvalue weighted by Crippen LogP contribution is -2.17. The van der Waals surface area contributed by atoms with Gasteiger partial charge in [0.05, 0.1) is 13.3 Å². The fourth-order valence-corrected chi connectivity index (χ4v) is 1.93. The number of aryl methyl sites for hydroxylation is 1. The van der Waals surface area contributed by atoms with E-state index in [0.717, 1.165) is 5.56 Å². The second kappa shape index (κ2) is 6.95. The van der Waals surface area contributed by atoms with Crippen LogP contribution in [0, 0.1) is 6.92 Å². The monoisotopic (exact) mass is 318 g/mol. The van der Waals surface area contributed by atoms with E-state index in [1.165, 1.54) is 19.4 Å². The number of phenols is 1. The van der Waals surface area contributed by atoms with E-state index in [4.69, 9.17) is 16.3 Å². The zero-order valence-electron chi connectivity index (χ0n) is 12.1. The van der Waals surface area contributed by atoms with Crippen molar-refractivity contribution in [3.05, 3.63) is 58.1 Å². The summed E-state index contributed by atoms with van der Waals surface area (Å²) in [6.07, 6.45) is 1.42. The van der Waals surface area contributed by atoms with Crippen molar-refractivity contribution >= 4 is 23.7 Å². The van der Waals surface area contributed by atoms with Crippen molar-refractivity contribution < 1.29 is 14.6 Å². The van der Waals surface area contributed by atoms with Crippen molar-refractivity contribution in [2.24, 2.45) is 5.10 Å². The van der Waals surface area contributed by atoms with Gasteiger partial charge in [0.25, 0.3) is 5.91 Å². The number of aromatic hydroxyl groups is 1. The van der Waals surface area contributed by atoms with Crippen LogP contribution in [-0.2, 0) is 0 Å². The Morgan fingerprint density at radius 2 is 2.09 bits per heavy atom. The minimum atomic E-state index is -0.365. The number of carbonyl (C=O) groups excluding carboxylic acids is 1. The van der Waals surface area contributed by atoms with Gasteiger partial charge in [-0.15, -0.1) is 0 Å². The lowest BCUT2D eigenvalue weighted by Gasteiger charge is -2.04. The van der Waals surface area contributed by atoms with E-state index >= 15 is 0 Å². The number of methoxy groups -OCH3 is 1. The van der Waals surface area contributed by atoms with Crippen LogP contribution in [-0.4, -0.2) is 24.3 Å². The molecule has 0 aliphatic carbocycles. The van der Waals surface area contributed by atoms with E-state index in [-0.39, 0.29) is 11.7 Å². The van der Waals surface area contributed by atoms with E-state index in [1.807, 2.05) is 6.92 Å². The summed E-state index contributed by atoms with van der Waals surface area (Å²) in [5, 5.41) is 14.0. The van der Waals surface area contributed by atoms with Crippen LogP contribution in [0.2, 0.25) is 5.02 Å². The first-order valence-corrected chi connectivity index (χ1v) is 6.85. The van der Waals surface area contributed by atoms with Crippen LogP contribution >= 0.6 is 11.6 Å². The standard InChI is InChI=1S/C16H15ClN2O3/c1-10-3-5-12(8-13(10)17)16(21)19-18-9-11-4-6-15(22-2)14(20)7-11/h3-9,20H,1-2H3,(H,19,21)/b18-9-. The topological polar surface area (TPSA) is 70.9 Å². The van der Waals surface area contributed by atoms with E-state index < -0.39 is 0 Å². The van der Waals surface area contributed by atoms with Crippen molar-refractivity contribution in [1.82, 2.24) is 5.43 Å². The Morgan fingerprint density at radius 1 is 1.32 bits per heavy atom. The van der Waals surface area contributed by atoms with Gasteiger partial charge >= 0.3 is 0 Å². The number of hydrogen-bond donors (Lipinski definition) is 2. The van der Waals surface area contributed by atoms with Gasteiger partial charge in [-0.2, -0.15) is 5.10 Å². The molecule has 2 aromatic rings. The number of ether oxygens (including phenoxy) is 1. The van der Waals surface area contributed by atoms with E-state index in [9.17, 15) is 9.90 Å². The lowest BCUT2D eigenvalue weighted by atomic mass is 10.1. The maximum atomic E-state index is 11.9. The van der Waals surface area contributed by atoms with Crippen molar-refractivity contribution in [3.63, 3.8) is 0 Å². The first-order valence-electron chi connectivity index (χ1n) is 6.48. The van der Waals surface area contributed by atoms with Crippen LogP contribution < -0.4 is 10.2 Å². The summed E-state index contributed by atoms with van der Waals surface area (Å²) in [7, 11) is 1.47. The van der Waals surface area contributed by atoms with E-state index in [1.54, 1.807) is 30.3 Å². The normalized spacial score (nSPS) is 10.7. The molecule has 0 aliphatic rings. The third-order valence-electron chi connectivity index (χ3n) is 3.02. The predicted octanol–water partition coefficient (Wildman–Crippen LogP) is 3.13. The third kappa shape index (κ3) is 3.77. The Hall–Kier alpha value is -2.53. The summed E-state index contributed by atoms with van der Waals surface area (Å²) in [6, 6.07) is 9.82. The Kier molecular flexibility index (Phi) is 5.01. The van der Waals surface area contributed by atoms with E-state index in [0.29, 0.717) is 21.9 Å². The highest BCUT2D eigenvalue weighted by Gasteiger charge is 2.06. The molecule has 0 unspecified atom stereocenters. The molecule has 0 atom stereocenters. The SMILES string of the molecule is COc1ccc(/C=N\NC(=O)c2ccc(C)c(Cl)c2)cc1O. The average molecular weight is 319 g/mol. The Labute approximate surface area is 133 Å². The number of hydrazone groups is 1. The summed E-state index contributed by atoms with van der Waals surface area (Å²) < 4.78 is 4.94. The molecule has 2 rings (SSSR count). The van der Waals surface area contributed by atoms with Crippen molar-refractivity contribution in [2.75, 3.05) is 7.11 Å². The first-order chi connectivity index (χ1) is 10.5. The van der Waals surface area contributed by atoms with Gasteiger partial charge in [-0.1, -0.05) is 17.7 Å². The molecule has 0 fully saturated rings. The molecule has 22 heavy (non-hydrogen) atoms. The maximum absolute atomic E-state index is 11.9. The zero-order valence-corrected chi connectivity index (χ0v) is 12.9. The number of phenolic OH excluding ortho intramolecular Hbond substituents is 1. The van der Waals surface area contributed by atoms with Crippen LogP contribution in [0.1, 0.15) is 21.5 Å². The molecule has 0 bridgehead atoms. The number of halogens is 1. The van der Waals surface area contributed by atoms with Gasteiger partial charge in [-0.05, 0) is 48.4 Å². The van der Waals surface area contributed by atoms with Gasteiger partial charge in [-0.3, -0.25) is 4.79 Å². The van der Waals surface area contributed by atoms with Gasteiger partial charge in [0.2, 0.25) is 0 Å². The molecule has 0 aliphatic heterocycles. The molecule has 2 aromatic carbocycles. The van der Waals surface area contributed by atoms with Gasteiger partial charge in [0.1, 0.15) is 0 Å². The molecule has 0 saturated carbocycles. The largest absolute Gasteiger partial charge is 0.504 e. The Balaban J connectivity index is 2.04. The summed E-state index contributed by atoms with van der Waals surface area (Å²) in [6.45, 7) is 1.86. The average Bonchev–Trinajstić information content (AvgIpc) is 2.50. The smallest absolute Gasteiger partial charge is 0.271 e. The molecule has 0 aromatic heterocycles. The second-order valence-electron chi connectivity index (χ2n) is 4.59. The highest BCUT2D eigenvalue weighted by Crippen LogP contribution is 2.25.